The van der Waals surface area contributed by atoms with Crippen molar-refractivity contribution in [3.8, 4) is 29.1 Å². The minimum Gasteiger partial charge on any atom is -0.497 e. The fourth-order valence-corrected chi connectivity index (χ4v) is 5.12. The zero-order valence-corrected chi connectivity index (χ0v) is 21.5. The van der Waals surface area contributed by atoms with Crippen LogP contribution < -0.4 is 14.2 Å². The topological polar surface area (TPSA) is 30.9 Å². The zero-order valence-electron chi connectivity index (χ0n) is 21.5. The molecule has 1 unspecified atom stereocenters. The molecule has 0 N–H and O–H groups in total. The lowest BCUT2D eigenvalue weighted by Crippen LogP contribution is -2.20. The molecule has 2 heterocycles. The Hall–Kier alpha value is -3.68. The van der Waals surface area contributed by atoms with Crippen LogP contribution in [0.25, 0.3) is 11.1 Å². The quantitative estimate of drug-likeness (QED) is 0.393. The third-order valence-corrected chi connectivity index (χ3v) is 7.14. The molecule has 0 amide bonds. The Morgan fingerprint density at radius 3 is 2.47 bits per heavy atom. The molecule has 184 valence electrons. The Bertz CT molecular complexity index is 1330. The van der Waals surface area contributed by atoms with Crippen LogP contribution in [0.3, 0.4) is 0 Å². The van der Waals surface area contributed by atoms with E-state index >= 15 is 0 Å². The summed E-state index contributed by atoms with van der Waals surface area (Å²) in [5, 5.41) is 0. The second-order valence-corrected chi connectivity index (χ2v) is 9.68. The van der Waals surface area contributed by atoms with E-state index in [1.54, 1.807) is 14.2 Å². The van der Waals surface area contributed by atoms with Gasteiger partial charge in [0.1, 0.15) is 23.4 Å². The van der Waals surface area contributed by atoms with Gasteiger partial charge >= 0.3 is 0 Å². The Morgan fingerprint density at radius 2 is 1.75 bits per heavy atom. The third kappa shape index (κ3) is 4.98. The van der Waals surface area contributed by atoms with Crippen molar-refractivity contribution in [2.45, 2.75) is 26.4 Å². The first-order valence-corrected chi connectivity index (χ1v) is 12.6. The number of methoxy groups -OCH3 is 2. The standard InChI is InChI=1S/C32H33NO3/c1-22-16-18-33(21-22)17-6-7-24-10-12-25(13-11-24)32-31(26-8-5-9-27(19-26)34-3)23(2)29-20-28(35-4)14-15-30(29)36-32/h5,8-15,19-20,22,32H,16-18,21H2,1-4H3/t22-,32?/m1/s1. The molecule has 2 aliphatic heterocycles. The highest BCUT2D eigenvalue weighted by atomic mass is 16.5. The van der Waals surface area contributed by atoms with Crippen LogP contribution in [-0.4, -0.2) is 38.8 Å². The second kappa shape index (κ2) is 10.5. The molecule has 3 aromatic rings. The van der Waals surface area contributed by atoms with E-state index in [-0.39, 0.29) is 6.10 Å². The maximum atomic E-state index is 6.63. The first-order valence-electron chi connectivity index (χ1n) is 12.6. The van der Waals surface area contributed by atoms with E-state index < -0.39 is 0 Å². The molecule has 36 heavy (non-hydrogen) atoms. The molecule has 4 nitrogen and oxygen atoms in total. The molecule has 1 saturated heterocycles. The Balaban J connectivity index is 1.47. The number of likely N-dealkylation sites (tertiary alicyclic amines) is 1. The average molecular weight is 480 g/mol. The van der Waals surface area contributed by atoms with Gasteiger partial charge in [0.15, 0.2) is 0 Å². The molecule has 0 aliphatic carbocycles. The lowest BCUT2D eigenvalue weighted by molar-refractivity contribution is 0.259. The van der Waals surface area contributed by atoms with Crippen molar-refractivity contribution < 1.29 is 14.2 Å². The molecule has 2 aliphatic rings. The molecule has 3 aromatic carbocycles. The lowest BCUT2D eigenvalue weighted by Gasteiger charge is -2.31. The lowest BCUT2D eigenvalue weighted by atomic mass is 9.86. The van der Waals surface area contributed by atoms with Crippen LogP contribution in [0.5, 0.6) is 17.2 Å². The molecule has 0 saturated carbocycles. The summed E-state index contributed by atoms with van der Waals surface area (Å²) in [5.41, 5.74) is 6.52. The first kappa shape index (κ1) is 24.0. The molecule has 2 atom stereocenters. The minimum absolute atomic E-state index is 0.244. The van der Waals surface area contributed by atoms with Crippen molar-refractivity contribution in [2.24, 2.45) is 5.92 Å². The predicted molar refractivity (Wildman–Crippen MR) is 145 cm³/mol. The van der Waals surface area contributed by atoms with Gasteiger partial charge in [0.2, 0.25) is 0 Å². The molecule has 5 rings (SSSR count). The molecule has 4 heteroatoms. The van der Waals surface area contributed by atoms with Gasteiger partial charge in [0, 0.05) is 23.2 Å². The Kier molecular flexibility index (Phi) is 7.02. The fourth-order valence-electron chi connectivity index (χ4n) is 5.12. The van der Waals surface area contributed by atoms with Crippen molar-refractivity contribution in [2.75, 3.05) is 33.9 Å². The first-order chi connectivity index (χ1) is 17.6. The van der Waals surface area contributed by atoms with Crippen molar-refractivity contribution >= 4 is 11.1 Å². The van der Waals surface area contributed by atoms with E-state index in [1.165, 1.54) is 6.42 Å². The predicted octanol–water partition coefficient (Wildman–Crippen LogP) is 6.46. The van der Waals surface area contributed by atoms with Crippen LogP contribution in [0.2, 0.25) is 0 Å². The van der Waals surface area contributed by atoms with E-state index in [2.05, 4.69) is 67.0 Å². The highest BCUT2D eigenvalue weighted by molar-refractivity contribution is 5.95. The Labute approximate surface area is 214 Å². The number of hydrogen-bond donors (Lipinski definition) is 0. The van der Waals surface area contributed by atoms with Crippen LogP contribution in [-0.2, 0) is 0 Å². The molecular formula is C32H33NO3. The van der Waals surface area contributed by atoms with Crippen LogP contribution >= 0.6 is 0 Å². The molecule has 0 radical (unpaired) electrons. The third-order valence-electron chi connectivity index (χ3n) is 7.14. The monoisotopic (exact) mass is 479 g/mol. The van der Waals surface area contributed by atoms with Gasteiger partial charge in [0.05, 0.1) is 20.8 Å². The summed E-state index contributed by atoms with van der Waals surface area (Å²) in [5.74, 6) is 9.96. The van der Waals surface area contributed by atoms with Gasteiger partial charge in [-0.25, -0.2) is 0 Å². The van der Waals surface area contributed by atoms with Crippen LogP contribution in [0.15, 0.2) is 66.7 Å². The number of allylic oxidation sites excluding steroid dienone is 1. The number of hydrogen-bond acceptors (Lipinski definition) is 4. The van der Waals surface area contributed by atoms with Crippen LogP contribution in [0, 0.1) is 17.8 Å². The number of rotatable bonds is 5. The van der Waals surface area contributed by atoms with Gasteiger partial charge in [-0.3, -0.25) is 4.90 Å². The minimum atomic E-state index is -0.244. The van der Waals surface area contributed by atoms with Gasteiger partial charge in [-0.1, -0.05) is 43.0 Å². The molecular weight excluding hydrogens is 446 g/mol. The number of nitrogens with zero attached hydrogens (tertiary/aromatic N) is 1. The van der Waals surface area contributed by atoms with Crippen molar-refractivity contribution in [3.05, 3.63) is 89.0 Å². The Morgan fingerprint density at radius 1 is 0.972 bits per heavy atom. The highest BCUT2D eigenvalue weighted by Gasteiger charge is 2.29. The molecule has 0 bridgehead atoms. The smallest absolute Gasteiger partial charge is 0.150 e. The van der Waals surface area contributed by atoms with Gasteiger partial charge in [-0.15, -0.1) is 0 Å². The van der Waals surface area contributed by atoms with Crippen molar-refractivity contribution in [3.63, 3.8) is 0 Å². The fraction of sp³-hybridized carbons (Fsp3) is 0.312. The van der Waals surface area contributed by atoms with Crippen molar-refractivity contribution in [1.82, 2.24) is 4.90 Å². The SMILES string of the molecule is COc1cccc(C2=C(C)c3cc(OC)ccc3OC2c2ccc(C#CCN3CC[C@@H](C)C3)cc2)c1. The molecule has 0 spiro atoms. The van der Waals surface area contributed by atoms with E-state index in [0.717, 1.165) is 76.2 Å². The largest absolute Gasteiger partial charge is 0.497 e. The maximum absolute atomic E-state index is 6.63. The summed E-state index contributed by atoms with van der Waals surface area (Å²) >= 11 is 0. The van der Waals surface area contributed by atoms with E-state index in [1.807, 2.05) is 30.3 Å². The normalized spacial score (nSPS) is 19.2. The summed E-state index contributed by atoms with van der Waals surface area (Å²) in [7, 11) is 3.38. The summed E-state index contributed by atoms with van der Waals surface area (Å²) in [4.78, 5) is 2.43. The second-order valence-electron chi connectivity index (χ2n) is 9.68. The average Bonchev–Trinajstić information content (AvgIpc) is 3.33. The van der Waals surface area contributed by atoms with Crippen LogP contribution in [0.1, 0.15) is 48.6 Å². The summed E-state index contributed by atoms with van der Waals surface area (Å²) in [6.45, 7) is 7.60. The zero-order chi connectivity index (χ0) is 25.1. The molecule has 1 fully saturated rings. The summed E-state index contributed by atoms with van der Waals surface area (Å²) in [6.07, 6.45) is 1.03. The number of ether oxygens (including phenoxy) is 3. The summed E-state index contributed by atoms with van der Waals surface area (Å²) < 4.78 is 17.6. The van der Waals surface area contributed by atoms with Crippen molar-refractivity contribution in [1.29, 1.82) is 0 Å². The van der Waals surface area contributed by atoms with E-state index in [9.17, 15) is 0 Å². The summed E-state index contributed by atoms with van der Waals surface area (Å²) in [6, 6.07) is 22.6. The van der Waals surface area contributed by atoms with Gasteiger partial charge < -0.3 is 14.2 Å². The maximum Gasteiger partial charge on any atom is 0.150 e. The number of fused-ring (bicyclic) bond motifs is 1. The van der Waals surface area contributed by atoms with E-state index in [4.69, 9.17) is 14.2 Å². The molecule has 0 aromatic heterocycles. The van der Waals surface area contributed by atoms with Gasteiger partial charge in [-0.05, 0) is 85.0 Å². The van der Waals surface area contributed by atoms with Gasteiger partial charge in [-0.2, -0.15) is 0 Å². The number of benzene rings is 3. The van der Waals surface area contributed by atoms with Gasteiger partial charge in [0.25, 0.3) is 0 Å². The van der Waals surface area contributed by atoms with E-state index in [0.29, 0.717) is 0 Å². The highest BCUT2D eigenvalue weighted by Crippen LogP contribution is 2.47. The van der Waals surface area contributed by atoms with Crippen LogP contribution in [0.4, 0.5) is 0 Å².